The maximum atomic E-state index is 12.1. The van der Waals surface area contributed by atoms with Crippen molar-refractivity contribution in [2.45, 2.75) is 45.3 Å². The lowest BCUT2D eigenvalue weighted by molar-refractivity contribution is -0.0844. The quantitative estimate of drug-likeness (QED) is 0.900. The van der Waals surface area contributed by atoms with Crippen LogP contribution < -0.4 is 5.56 Å². The summed E-state index contributed by atoms with van der Waals surface area (Å²) in [5.41, 5.74) is 0.750. The molecule has 0 amide bonds. The first-order chi connectivity index (χ1) is 8.90. The Morgan fingerprint density at radius 3 is 2.53 bits per heavy atom. The van der Waals surface area contributed by atoms with E-state index in [0.29, 0.717) is 17.8 Å². The lowest BCUT2D eigenvalue weighted by atomic mass is 9.79. The van der Waals surface area contributed by atoms with Gasteiger partial charge in [0.05, 0.1) is 17.7 Å². The number of methoxy groups -OCH3 is 1. The summed E-state index contributed by atoms with van der Waals surface area (Å²) in [6.45, 7) is 3.76. The minimum absolute atomic E-state index is 0.164. The van der Waals surface area contributed by atoms with E-state index < -0.39 is 5.97 Å². The standard InChI is InChI=1S/C14H19NO4/c1-9-7-11(16)15(10(2)12(9)13(17)18)8-14(19-3)5-4-6-14/h7H,4-6,8H2,1-3H3,(H,17,18). The van der Waals surface area contributed by atoms with Gasteiger partial charge in [0.15, 0.2) is 0 Å². The number of hydrogen-bond donors (Lipinski definition) is 1. The zero-order valence-electron chi connectivity index (χ0n) is 11.5. The lowest BCUT2D eigenvalue weighted by Crippen LogP contribution is -2.46. The van der Waals surface area contributed by atoms with E-state index in [1.54, 1.807) is 21.0 Å². The van der Waals surface area contributed by atoms with Crippen molar-refractivity contribution in [3.05, 3.63) is 33.2 Å². The van der Waals surface area contributed by atoms with Crippen LogP contribution in [0, 0.1) is 13.8 Å². The predicted octanol–water partition coefficient (Wildman–Crippen LogP) is 1.73. The highest BCUT2D eigenvalue weighted by Gasteiger charge is 2.38. The Kier molecular flexibility index (Phi) is 3.49. The molecule has 0 bridgehead atoms. The van der Waals surface area contributed by atoms with E-state index in [1.807, 2.05) is 0 Å². The molecule has 1 aromatic rings. The zero-order chi connectivity index (χ0) is 14.2. The summed E-state index contributed by atoms with van der Waals surface area (Å²) in [5.74, 6) is -0.996. The Balaban J connectivity index is 2.48. The van der Waals surface area contributed by atoms with Crippen LogP contribution in [0.5, 0.6) is 0 Å². The highest BCUT2D eigenvalue weighted by molar-refractivity contribution is 5.90. The van der Waals surface area contributed by atoms with Gasteiger partial charge in [-0.1, -0.05) is 0 Å². The third-order valence-electron chi connectivity index (χ3n) is 4.12. The first-order valence-corrected chi connectivity index (χ1v) is 6.40. The highest BCUT2D eigenvalue weighted by Crippen LogP contribution is 2.36. The molecule has 1 fully saturated rings. The van der Waals surface area contributed by atoms with Crippen LogP contribution in [-0.2, 0) is 11.3 Å². The van der Waals surface area contributed by atoms with Crippen LogP contribution in [-0.4, -0.2) is 28.4 Å². The Labute approximate surface area is 111 Å². The van der Waals surface area contributed by atoms with Crippen molar-refractivity contribution >= 4 is 5.97 Å². The molecule has 1 heterocycles. The number of carboxylic acid groups (broad SMARTS) is 1. The number of aryl methyl sites for hydroxylation is 1. The van der Waals surface area contributed by atoms with Gasteiger partial charge in [-0.3, -0.25) is 4.79 Å². The molecule has 1 aliphatic carbocycles. The number of pyridine rings is 1. The second-order valence-electron chi connectivity index (χ2n) is 5.26. The van der Waals surface area contributed by atoms with E-state index in [0.717, 1.165) is 19.3 Å². The fourth-order valence-electron chi connectivity index (χ4n) is 2.73. The number of nitrogens with zero attached hydrogens (tertiary/aromatic N) is 1. The van der Waals surface area contributed by atoms with Gasteiger partial charge in [0.25, 0.3) is 5.56 Å². The molecule has 1 aromatic heterocycles. The zero-order valence-corrected chi connectivity index (χ0v) is 11.5. The molecule has 0 aliphatic heterocycles. The Morgan fingerprint density at radius 2 is 2.11 bits per heavy atom. The summed E-state index contributed by atoms with van der Waals surface area (Å²) in [5, 5.41) is 9.24. The molecular weight excluding hydrogens is 246 g/mol. The average molecular weight is 265 g/mol. The second kappa shape index (κ2) is 4.81. The smallest absolute Gasteiger partial charge is 0.337 e. The van der Waals surface area contributed by atoms with Crippen molar-refractivity contribution in [3.8, 4) is 0 Å². The fourth-order valence-corrected chi connectivity index (χ4v) is 2.73. The van der Waals surface area contributed by atoms with Gasteiger partial charge in [0.1, 0.15) is 0 Å². The minimum Gasteiger partial charge on any atom is -0.478 e. The summed E-state index contributed by atoms with van der Waals surface area (Å²) in [6.07, 6.45) is 2.90. The summed E-state index contributed by atoms with van der Waals surface area (Å²) >= 11 is 0. The predicted molar refractivity (Wildman–Crippen MR) is 70.7 cm³/mol. The van der Waals surface area contributed by atoms with Gasteiger partial charge >= 0.3 is 5.97 Å². The van der Waals surface area contributed by atoms with Gasteiger partial charge in [-0.2, -0.15) is 0 Å². The number of ether oxygens (including phenoxy) is 1. The van der Waals surface area contributed by atoms with Crippen molar-refractivity contribution in [1.29, 1.82) is 0 Å². The summed E-state index contributed by atoms with van der Waals surface area (Å²) in [7, 11) is 1.64. The van der Waals surface area contributed by atoms with Crippen molar-refractivity contribution in [2.75, 3.05) is 7.11 Å². The molecule has 0 unspecified atom stereocenters. The van der Waals surface area contributed by atoms with Gasteiger partial charge in [-0.15, -0.1) is 0 Å². The van der Waals surface area contributed by atoms with Crippen molar-refractivity contribution in [3.63, 3.8) is 0 Å². The Hall–Kier alpha value is -1.62. The number of rotatable bonds is 4. The third kappa shape index (κ3) is 2.30. The largest absolute Gasteiger partial charge is 0.478 e. The van der Waals surface area contributed by atoms with E-state index in [-0.39, 0.29) is 16.7 Å². The monoisotopic (exact) mass is 265 g/mol. The van der Waals surface area contributed by atoms with Gasteiger partial charge in [-0.05, 0) is 38.7 Å². The maximum Gasteiger partial charge on any atom is 0.337 e. The van der Waals surface area contributed by atoms with E-state index in [1.165, 1.54) is 10.6 Å². The Morgan fingerprint density at radius 1 is 1.47 bits per heavy atom. The molecule has 0 atom stereocenters. The van der Waals surface area contributed by atoms with Gasteiger partial charge in [-0.25, -0.2) is 4.79 Å². The van der Waals surface area contributed by atoms with Crippen LogP contribution in [0.25, 0.3) is 0 Å². The van der Waals surface area contributed by atoms with Crippen LogP contribution in [0.1, 0.15) is 40.9 Å². The molecule has 5 heteroatoms. The normalized spacial score (nSPS) is 17.0. The number of aromatic carboxylic acids is 1. The van der Waals surface area contributed by atoms with Crippen LogP contribution >= 0.6 is 0 Å². The van der Waals surface area contributed by atoms with Crippen LogP contribution in [0.3, 0.4) is 0 Å². The first-order valence-electron chi connectivity index (χ1n) is 6.40. The number of carboxylic acids is 1. The topological polar surface area (TPSA) is 68.5 Å². The molecule has 1 N–H and O–H groups in total. The number of carbonyl (C=O) groups is 1. The van der Waals surface area contributed by atoms with E-state index in [2.05, 4.69) is 0 Å². The van der Waals surface area contributed by atoms with E-state index in [9.17, 15) is 14.7 Å². The summed E-state index contributed by atoms with van der Waals surface area (Å²) in [4.78, 5) is 23.4. The van der Waals surface area contributed by atoms with Crippen LogP contribution in [0.4, 0.5) is 0 Å². The molecule has 104 valence electrons. The second-order valence-corrected chi connectivity index (χ2v) is 5.26. The van der Waals surface area contributed by atoms with E-state index in [4.69, 9.17) is 4.74 Å². The van der Waals surface area contributed by atoms with Gasteiger partial charge in [0.2, 0.25) is 0 Å². The summed E-state index contributed by atoms with van der Waals surface area (Å²) < 4.78 is 7.04. The lowest BCUT2D eigenvalue weighted by Gasteiger charge is -2.41. The van der Waals surface area contributed by atoms with Crippen LogP contribution in [0.15, 0.2) is 10.9 Å². The number of aromatic nitrogens is 1. The van der Waals surface area contributed by atoms with E-state index >= 15 is 0 Å². The molecular formula is C14H19NO4. The molecule has 0 aromatic carbocycles. The van der Waals surface area contributed by atoms with Gasteiger partial charge < -0.3 is 14.4 Å². The molecule has 19 heavy (non-hydrogen) atoms. The third-order valence-corrected chi connectivity index (χ3v) is 4.12. The van der Waals surface area contributed by atoms with Crippen molar-refractivity contribution in [2.24, 2.45) is 0 Å². The molecule has 2 rings (SSSR count). The first kappa shape index (κ1) is 13.8. The summed E-state index contributed by atoms with van der Waals surface area (Å²) in [6, 6.07) is 1.39. The maximum absolute atomic E-state index is 12.1. The highest BCUT2D eigenvalue weighted by atomic mass is 16.5. The number of hydrogen-bond acceptors (Lipinski definition) is 3. The van der Waals surface area contributed by atoms with Crippen molar-refractivity contribution in [1.82, 2.24) is 4.57 Å². The average Bonchev–Trinajstić information content (AvgIpc) is 2.26. The van der Waals surface area contributed by atoms with Gasteiger partial charge in [0, 0.05) is 18.9 Å². The fraction of sp³-hybridized carbons (Fsp3) is 0.571. The molecule has 0 spiro atoms. The molecule has 1 saturated carbocycles. The molecule has 1 aliphatic rings. The van der Waals surface area contributed by atoms with Crippen LogP contribution in [0.2, 0.25) is 0 Å². The Bertz CT molecular complexity index is 564. The SMILES string of the molecule is COC1(Cn2c(C)c(C(=O)O)c(C)cc2=O)CCC1. The molecule has 0 saturated heterocycles. The molecule has 5 nitrogen and oxygen atoms in total. The molecule has 0 radical (unpaired) electrons. The minimum atomic E-state index is -0.996. The van der Waals surface area contributed by atoms with Crippen molar-refractivity contribution < 1.29 is 14.6 Å².